The maximum Gasteiger partial charge on any atom is 0.211 e. The molecule has 0 aliphatic carbocycles. The summed E-state index contributed by atoms with van der Waals surface area (Å²) in [6, 6.07) is 0. The van der Waals surface area contributed by atoms with Crippen molar-refractivity contribution in [3.05, 3.63) is 0 Å². The molecular weight excluding hydrogens is 286 g/mol. The van der Waals surface area contributed by atoms with Crippen molar-refractivity contribution in [1.82, 2.24) is 14.5 Å². The maximum atomic E-state index is 11.4. The van der Waals surface area contributed by atoms with Crippen LogP contribution in [0.4, 0.5) is 0 Å². The highest BCUT2D eigenvalue weighted by molar-refractivity contribution is 7.88. The summed E-state index contributed by atoms with van der Waals surface area (Å²) in [5, 5.41) is 3.47. The van der Waals surface area contributed by atoms with Gasteiger partial charge in [-0.2, -0.15) is 4.31 Å². The maximum absolute atomic E-state index is 11.4. The van der Waals surface area contributed by atoms with Gasteiger partial charge in [0.15, 0.2) is 0 Å². The molecule has 0 aromatic carbocycles. The predicted molar refractivity (Wildman–Crippen MR) is 89.0 cm³/mol. The molecule has 1 rings (SSSR count). The van der Waals surface area contributed by atoms with Crippen molar-refractivity contribution in [2.45, 2.75) is 39.5 Å². The van der Waals surface area contributed by atoms with E-state index in [9.17, 15) is 8.42 Å². The zero-order chi connectivity index (χ0) is 15.7. The Kier molecular flexibility index (Phi) is 8.78. The molecule has 0 radical (unpaired) electrons. The number of piperazine rings is 1. The molecule has 1 aliphatic rings. The van der Waals surface area contributed by atoms with Crippen LogP contribution in [0.15, 0.2) is 0 Å². The van der Waals surface area contributed by atoms with Crippen LogP contribution in [-0.4, -0.2) is 69.7 Å². The minimum atomic E-state index is -2.99. The quantitative estimate of drug-likeness (QED) is 0.618. The van der Waals surface area contributed by atoms with Crippen LogP contribution >= 0.6 is 0 Å². The van der Waals surface area contributed by atoms with E-state index in [1.807, 2.05) is 0 Å². The third-order valence-corrected chi connectivity index (χ3v) is 5.23. The monoisotopic (exact) mass is 319 g/mol. The van der Waals surface area contributed by atoms with Crippen LogP contribution in [0.1, 0.15) is 39.5 Å². The van der Waals surface area contributed by atoms with Crippen LogP contribution < -0.4 is 5.32 Å². The number of nitrogens with one attached hydrogen (secondary N) is 1. The summed E-state index contributed by atoms with van der Waals surface area (Å²) < 4.78 is 24.4. The highest BCUT2D eigenvalue weighted by Crippen LogP contribution is 2.08. The second-order valence-electron chi connectivity index (χ2n) is 6.52. The molecule has 126 valence electrons. The minimum Gasteiger partial charge on any atom is -0.316 e. The molecule has 5 nitrogen and oxygen atoms in total. The lowest BCUT2D eigenvalue weighted by atomic mass is 10.1. The lowest BCUT2D eigenvalue weighted by Gasteiger charge is -2.33. The first-order chi connectivity index (χ1) is 9.89. The topological polar surface area (TPSA) is 52.6 Å². The Bertz CT molecular complexity index is 363. The van der Waals surface area contributed by atoms with Gasteiger partial charge >= 0.3 is 0 Å². The molecule has 1 N–H and O–H groups in total. The first-order valence-corrected chi connectivity index (χ1v) is 10.1. The van der Waals surface area contributed by atoms with Gasteiger partial charge in [-0.25, -0.2) is 8.42 Å². The van der Waals surface area contributed by atoms with Crippen LogP contribution in [0.3, 0.4) is 0 Å². The summed E-state index contributed by atoms with van der Waals surface area (Å²) in [4.78, 5) is 2.39. The van der Waals surface area contributed by atoms with Gasteiger partial charge in [-0.3, -0.25) is 0 Å². The number of nitrogens with zero attached hydrogens (tertiary/aromatic N) is 2. The Labute approximate surface area is 131 Å². The van der Waals surface area contributed by atoms with Crippen LogP contribution in [0.25, 0.3) is 0 Å². The molecule has 1 aliphatic heterocycles. The van der Waals surface area contributed by atoms with Crippen LogP contribution in [0.5, 0.6) is 0 Å². The predicted octanol–water partition coefficient (Wildman–Crippen LogP) is 1.37. The second kappa shape index (κ2) is 9.77. The Morgan fingerprint density at radius 3 is 2.19 bits per heavy atom. The summed E-state index contributed by atoms with van der Waals surface area (Å²) >= 11 is 0. The van der Waals surface area contributed by atoms with Gasteiger partial charge in [0, 0.05) is 26.2 Å². The summed E-state index contributed by atoms with van der Waals surface area (Å²) in [5.74, 6) is 0.732. The van der Waals surface area contributed by atoms with Gasteiger partial charge in [0.2, 0.25) is 10.0 Å². The molecule has 6 heteroatoms. The lowest BCUT2D eigenvalue weighted by molar-refractivity contribution is 0.186. The lowest BCUT2D eigenvalue weighted by Crippen LogP contribution is -2.48. The highest BCUT2D eigenvalue weighted by Gasteiger charge is 2.22. The molecule has 0 spiro atoms. The van der Waals surface area contributed by atoms with Gasteiger partial charge in [0.05, 0.1) is 6.26 Å². The molecule has 0 aromatic rings. The Balaban J connectivity index is 1.95. The fourth-order valence-corrected chi connectivity index (χ4v) is 3.44. The Hall–Kier alpha value is -0.170. The van der Waals surface area contributed by atoms with Crippen molar-refractivity contribution < 1.29 is 8.42 Å². The van der Waals surface area contributed by atoms with Crippen LogP contribution in [0, 0.1) is 5.92 Å². The first-order valence-electron chi connectivity index (χ1n) is 8.28. The fourth-order valence-electron chi connectivity index (χ4n) is 2.61. The van der Waals surface area contributed by atoms with E-state index < -0.39 is 10.0 Å². The SMILES string of the molecule is CC(C)CNCCCCCCN1CCN(S(C)(=O)=O)CC1. The van der Waals surface area contributed by atoms with Gasteiger partial charge in [-0.15, -0.1) is 0 Å². The number of sulfonamides is 1. The Morgan fingerprint density at radius 2 is 1.62 bits per heavy atom. The molecule has 0 saturated carbocycles. The van der Waals surface area contributed by atoms with E-state index >= 15 is 0 Å². The van der Waals surface area contributed by atoms with E-state index in [4.69, 9.17) is 0 Å². The summed E-state index contributed by atoms with van der Waals surface area (Å²) in [6.45, 7) is 10.9. The molecule has 0 amide bonds. The molecule has 21 heavy (non-hydrogen) atoms. The van der Waals surface area contributed by atoms with E-state index in [-0.39, 0.29) is 0 Å². The third kappa shape index (κ3) is 8.76. The molecule has 1 fully saturated rings. The average Bonchev–Trinajstić information content (AvgIpc) is 2.41. The smallest absolute Gasteiger partial charge is 0.211 e. The molecule has 0 bridgehead atoms. The van der Waals surface area contributed by atoms with Gasteiger partial charge < -0.3 is 10.2 Å². The molecular formula is C15H33N3O2S. The van der Waals surface area contributed by atoms with E-state index in [1.165, 1.54) is 31.9 Å². The standard InChI is InChI=1S/C15H33N3O2S/c1-15(2)14-16-8-6-4-5-7-9-17-10-12-18(13-11-17)21(3,19)20/h15-16H,4-14H2,1-3H3. The van der Waals surface area contributed by atoms with Crippen molar-refractivity contribution in [2.24, 2.45) is 5.92 Å². The van der Waals surface area contributed by atoms with Crippen LogP contribution in [-0.2, 0) is 10.0 Å². The molecule has 0 unspecified atom stereocenters. The fraction of sp³-hybridized carbons (Fsp3) is 1.00. The van der Waals surface area contributed by atoms with Crippen molar-refractivity contribution in [1.29, 1.82) is 0 Å². The van der Waals surface area contributed by atoms with E-state index in [2.05, 4.69) is 24.1 Å². The van der Waals surface area contributed by atoms with Gasteiger partial charge in [0.1, 0.15) is 0 Å². The van der Waals surface area contributed by atoms with Crippen molar-refractivity contribution >= 4 is 10.0 Å². The normalized spacial score (nSPS) is 18.5. The highest BCUT2D eigenvalue weighted by atomic mass is 32.2. The van der Waals surface area contributed by atoms with Crippen molar-refractivity contribution in [2.75, 3.05) is 52.1 Å². The van der Waals surface area contributed by atoms with Gasteiger partial charge in [-0.05, 0) is 38.4 Å². The van der Waals surface area contributed by atoms with Gasteiger partial charge in [-0.1, -0.05) is 26.7 Å². The molecule has 0 atom stereocenters. The number of unbranched alkanes of at least 4 members (excludes halogenated alkanes) is 3. The average molecular weight is 320 g/mol. The first kappa shape index (κ1) is 18.9. The zero-order valence-electron chi connectivity index (χ0n) is 14.0. The molecule has 0 aromatic heterocycles. The van der Waals surface area contributed by atoms with E-state index in [0.717, 1.165) is 38.6 Å². The largest absolute Gasteiger partial charge is 0.316 e. The van der Waals surface area contributed by atoms with Crippen molar-refractivity contribution in [3.63, 3.8) is 0 Å². The van der Waals surface area contributed by atoms with E-state index in [0.29, 0.717) is 13.1 Å². The number of hydrogen-bond donors (Lipinski definition) is 1. The van der Waals surface area contributed by atoms with E-state index in [1.54, 1.807) is 4.31 Å². The second-order valence-corrected chi connectivity index (χ2v) is 8.50. The Morgan fingerprint density at radius 1 is 1.00 bits per heavy atom. The molecule has 1 saturated heterocycles. The summed E-state index contributed by atoms with van der Waals surface area (Å²) in [6.07, 6.45) is 6.34. The van der Waals surface area contributed by atoms with Gasteiger partial charge in [0.25, 0.3) is 0 Å². The number of hydrogen-bond acceptors (Lipinski definition) is 4. The van der Waals surface area contributed by atoms with Crippen LogP contribution in [0.2, 0.25) is 0 Å². The summed E-state index contributed by atoms with van der Waals surface area (Å²) in [5.41, 5.74) is 0. The summed E-state index contributed by atoms with van der Waals surface area (Å²) in [7, 11) is -2.99. The molecule has 1 heterocycles. The van der Waals surface area contributed by atoms with Crippen molar-refractivity contribution in [3.8, 4) is 0 Å². The minimum absolute atomic E-state index is 0.651. The third-order valence-electron chi connectivity index (χ3n) is 3.93. The number of rotatable bonds is 10. The zero-order valence-corrected chi connectivity index (χ0v) is 14.8.